The maximum Gasteiger partial charge on any atom is 0.135 e. The first-order valence-electron chi connectivity index (χ1n) is 7.85. The van der Waals surface area contributed by atoms with E-state index in [0.717, 1.165) is 41.8 Å². The van der Waals surface area contributed by atoms with Gasteiger partial charge in [0.2, 0.25) is 0 Å². The SMILES string of the molecule is Cc1cccc(Nc2cc(C)nc(C3CCCN(C)C3)n2)n1. The van der Waals surface area contributed by atoms with Crippen LogP contribution in [0.3, 0.4) is 0 Å². The summed E-state index contributed by atoms with van der Waals surface area (Å²) >= 11 is 0. The molecule has 22 heavy (non-hydrogen) atoms. The molecule has 0 aromatic carbocycles. The number of rotatable bonds is 3. The second-order valence-electron chi connectivity index (χ2n) is 6.14. The number of hydrogen-bond acceptors (Lipinski definition) is 5. The van der Waals surface area contributed by atoms with E-state index in [2.05, 4.69) is 27.2 Å². The third-order valence-electron chi connectivity index (χ3n) is 4.01. The minimum absolute atomic E-state index is 0.421. The van der Waals surface area contributed by atoms with Gasteiger partial charge < -0.3 is 10.2 Å². The van der Waals surface area contributed by atoms with Gasteiger partial charge in [0.1, 0.15) is 17.5 Å². The summed E-state index contributed by atoms with van der Waals surface area (Å²) in [5.41, 5.74) is 1.98. The van der Waals surface area contributed by atoms with Crippen LogP contribution in [0.25, 0.3) is 0 Å². The van der Waals surface area contributed by atoms with E-state index in [1.54, 1.807) is 0 Å². The molecular formula is C17H23N5. The van der Waals surface area contributed by atoms with Gasteiger partial charge in [-0.15, -0.1) is 0 Å². The average molecular weight is 297 g/mol. The van der Waals surface area contributed by atoms with Crippen molar-refractivity contribution in [2.24, 2.45) is 0 Å². The summed E-state index contributed by atoms with van der Waals surface area (Å²) in [6, 6.07) is 7.91. The fourth-order valence-electron chi connectivity index (χ4n) is 2.96. The van der Waals surface area contributed by atoms with E-state index in [1.807, 2.05) is 38.1 Å². The van der Waals surface area contributed by atoms with Gasteiger partial charge >= 0.3 is 0 Å². The van der Waals surface area contributed by atoms with Gasteiger partial charge in [-0.05, 0) is 52.4 Å². The van der Waals surface area contributed by atoms with E-state index in [-0.39, 0.29) is 0 Å². The zero-order valence-corrected chi connectivity index (χ0v) is 13.5. The van der Waals surface area contributed by atoms with Crippen molar-refractivity contribution < 1.29 is 0 Å². The number of nitrogens with one attached hydrogen (secondary N) is 1. The lowest BCUT2D eigenvalue weighted by Gasteiger charge is -2.28. The van der Waals surface area contributed by atoms with Crippen LogP contribution in [0, 0.1) is 13.8 Å². The molecule has 1 N–H and O–H groups in total. The van der Waals surface area contributed by atoms with E-state index in [9.17, 15) is 0 Å². The number of hydrogen-bond donors (Lipinski definition) is 1. The van der Waals surface area contributed by atoms with Crippen LogP contribution in [0.4, 0.5) is 11.6 Å². The first kappa shape index (κ1) is 14.9. The Morgan fingerprint density at radius 2 is 1.95 bits per heavy atom. The molecule has 0 radical (unpaired) electrons. The molecule has 5 heteroatoms. The van der Waals surface area contributed by atoms with Crippen LogP contribution < -0.4 is 5.32 Å². The number of piperidine rings is 1. The number of nitrogens with zero attached hydrogens (tertiary/aromatic N) is 4. The summed E-state index contributed by atoms with van der Waals surface area (Å²) in [5.74, 6) is 3.02. The topological polar surface area (TPSA) is 53.9 Å². The summed E-state index contributed by atoms with van der Waals surface area (Å²) in [4.78, 5) is 16.2. The molecule has 5 nitrogen and oxygen atoms in total. The van der Waals surface area contributed by atoms with Crippen molar-refractivity contribution in [1.29, 1.82) is 0 Å². The molecule has 2 aromatic rings. The molecule has 1 atom stereocenters. The average Bonchev–Trinajstić information content (AvgIpc) is 2.46. The lowest BCUT2D eigenvalue weighted by molar-refractivity contribution is 0.246. The fourth-order valence-corrected chi connectivity index (χ4v) is 2.96. The lowest BCUT2D eigenvalue weighted by Crippen LogP contribution is -2.31. The van der Waals surface area contributed by atoms with Gasteiger partial charge in [0, 0.05) is 29.9 Å². The van der Waals surface area contributed by atoms with Crippen molar-refractivity contribution in [2.75, 3.05) is 25.5 Å². The fraction of sp³-hybridized carbons (Fsp3) is 0.471. The van der Waals surface area contributed by atoms with Crippen molar-refractivity contribution in [3.63, 3.8) is 0 Å². The van der Waals surface area contributed by atoms with Gasteiger partial charge in [0.05, 0.1) is 0 Å². The van der Waals surface area contributed by atoms with Gasteiger partial charge in [0.25, 0.3) is 0 Å². The van der Waals surface area contributed by atoms with Gasteiger partial charge in [0.15, 0.2) is 0 Å². The molecule has 116 valence electrons. The molecule has 2 aromatic heterocycles. The zero-order valence-electron chi connectivity index (χ0n) is 13.5. The third-order valence-corrected chi connectivity index (χ3v) is 4.01. The minimum atomic E-state index is 0.421. The number of likely N-dealkylation sites (N-methyl/N-ethyl adjacent to an activating group) is 1. The number of likely N-dealkylation sites (tertiary alicyclic amines) is 1. The van der Waals surface area contributed by atoms with Crippen molar-refractivity contribution in [3.8, 4) is 0 Å². The zero-order chi connectivity index (χ0) is 15.5. The molecule has 1 aliphatic heterocycles. The quantitative estimate of drug-likeness (QED) is 0.943. The predicted molar refractivity (Wildman–Crippen MR) is 88.5 cm³/mol. The standard InChI is InChI=1S/C17H23N5/c1-12-6-4-8-15(18-12)20-16-10-13(2)19-17(21-16)14-7-5-9-22(3)11-14/h4,6,8,10,14H,5,7,9,11H2,1-3H3,(H,18,19,20,21). The normalized spacial score (nSPS) is 19.1. The Morgan fingerprint density at radius 3 is 2.73 bits per heavy atom. The van der Waals surface area contributed by atoms with Gasteiger partial charge in [-0.2, -0.15) is 0 Å². The van der Waals surface area contributed by atoms with E-state index >= 15 is 0 Å². The second kappa shape index (κ2) is 6.40. The first-order valence-corrected chi connectivity index (χ1v) is 7.85. The maximum atomic E-state index is 4.73. The second-order valence-corrected chi connectivity index (χ2v) is 6.14. The summed E-state index contributed by atoms with van der Waals surface area (Å²) < 4.78 is 0. The van der Waals surface area contributed by atoms with E-state index in [1.165, 1.54) is 13.0 Å². The lowest BCUT2D eigenvalue weighted by atomic mass is 9.97. The van der Waals surface area contributed by atoms with E-state index < -0.39 is 0 Å². The van der Waals surface area contributed by atoms with Crippen LogP contribution in [0.15, 0.2) is 24.3 Å². The smallest absolute Gasteiger partial charge is 0.135 e. The highest BCUT2D eigenvalue weighted by Gasteiger charge is 2.22. The molecule has 1 aliphatic rings. The Kier molecular flexibility index (Phi) is 4.34. The third kappa shape index (κ3) is 3.60. The van der Waals surface area contributed by atoms with Crippen LogP contribution in [0.5, 0.6) is 0 Å². The van der Waals surface area contributed by atoms with Gasteiger partial charge in [-0.1, -0.05) is 6.07 Å². The Morgan fingerprint density at radius 1 is 1.09 bits per heavy atom. The Balaban J connectivity index is 1.83. The molecule has 1 saturated heterocycles. The van der Waals surface area contributed by atoms with E-state index in [0.29, 0.717) is 5.92 Å². The van der Waals surface area contributed by atoms with Crippen LogP contribution >= 0.6 is 0 Å². The Hall–Kier alpha value is -2.01. The molecular weight excluding hydrogens is 274 g/mol. The summed E-state index contributed by atoms with van der Waals surface area (Å²) in [6.07, 6.45) is 2.37. The molecule has 1 unspecified atom stereocenters. The van der Waals surface area contributed by atoms with Crippen molar-refractivity contribution in [3.05, 3.63) is 41.5 Å². The summed E-state index contributed by atoms with van der Waals surface area (Å²) in [7, 11) is 2.16. The number of aryl methyl sites for hydroxylation is 2. The monoisotopic (exact) mass is 297 g/mol. The highest BCUT2D eigenvalue weighted by atomic mass is 15.1. The summed E-state index contributed by atoms with van der Waals surface area (Å²) in [5, 5.41) is 3.30. The summed E-state index contributed by atoms with van der Waals surface area (Å²) in [6.45, 7) is 6.21. The van der Waals surface area contributed by atoms with Gasteiger partial charge in [-0.3, -0.25) is 0 Å². The van der Waals surface area contributed by atoms with Crippen LogP contribution in [-0.2, 0) is 0 Å². The predicted octanol–water partition coefficient (Wildman–Crippen LogP) is 3.04. The maximum absolute atomic E-state index is 4.73. The number of aromatic nitrogens is 3. The number of pyridine rings is 1. The molecule has 0 amide bonds. The van der Waals surface area contributed by atoms with E-state index in [4.69, 9.17) is 4.98 Å². The minimum Gasteiger partial charge on any atom is -0.325 e. The molecule has 3 heterocycles. The first-order chi connectivity index (χ1) is 10.6. The molecule has 1 fully saturated rings. The molecule has 0 bridgehead atoms. The van der Waals surface area contributed by atoms with Crippen LogP contribution in [0.1, 0.15) is 36.0 Å². The molecule has 0 spiro atoms. The molecule has 3 rings (SSSR count). The van der Waals surface area contributed by atoms with Crippen molar-refractivity contribution >= 4 is 11.6 Å². The Bertz CT molecular complexity index is 655. The molecule has 0 aliphatic carbocycles. The van der Waals surface area contributed by atoms with Crippen LogP contribution in [0.2, 0.25) is 0 Å². The molecule has 0 saturated carbocycles. The van der Waals surface area contributed by atoms with Crippen molar-refractivity contribution in [1.82, 2.24) is 19.9 Å². The van der Waals surface area contributed by atoms with Crippen molar-refractivity contribution in [2.45, 2.75) is 32.6 Å². The Labute approximate surface area is 131 Å². The largest absolute Gasteiger partial charge is 0.325 e. The number of anilines is 2. The van der Waals surface area contributed by atoms with Crippen LogP contribution in [-0.4, -0.2) is 40.0 Å². The van der Waals surface area contributed by atoms with Gasteiger partial charge in [-0.25, -0.2) is 15.0 Å². The highest BCUT2D eigenvalue weighted by Crippen LogP contribution is 2.25. The highest BCUT2D eigenvalue weighted by molar-refractivity contribution is 5.52.